The largest absolute Gasteiger partial charge is 0.489 e. The zero-order chi connectivity index (χ0) is 17.6. The van der Waals surface area contributed by atoms with Crippen LogP contribution in [0.2, 0.25) is 0 Å². The molecular weight excluding hydrogens is 378 g/mol. The lowest BCUT2D eigenvalue weighted by Crippen LogP contribution is -2.12. The summed E-state index contributed by atoms with van der Waals surface area (Å²) in [5.74, 6) is 0.597. The first kappa shape index (κ1) is 17.2. The van der Waals surface area contributed by atoms with Gasteiger partial charge in [-0.3, -0.25) is 4.79 Å². The second kappa shape index (κ2) is 7.99. The predicted octanol–water partition coefficient (Wildman–Crippen LogP) is 5.59. The molecule has 0 radical (unpaired) electrons. The monoisotopic (exact) mass is 395 g/mol. The number of hydrogen-bond acceptors (Lipinski definition) is 2. The average Bonchev–Trinajstić information content (AvgIpc) is 2.63. The summed E-state index contributed by atoms with van der Waals surface area (Å²) < 4.78 is 6.73. The molecule has 3 aromatic rings. The highest BCUT2D eigenvalue weighted by Gasteiger charge is 2.08. The number of nitrogens with one attached hydrogen (secondary N) is 1. The van der Waals surface area contributed by atoms with Crippen LogP contribution in [0.5, 0.6) is 5.75 Å². The molecule has 0 fully saturated rings. The van der Waals surface area contributed by atoms with E-state index in [1.165, 1.54) is 0 Å². The van der Waals surface area contributed by atoms with E-state index in [0.29, 0.717) is 12.2 Å². The van der Waals surface area contributed by atoms with Gasteiger partial charge in [0.05, 0.1) is 0 Å². The molecule has 1 N–H and O–H groups in total. The van der Waals surface area contributed by atoms with E-state index in [1.54, 1.807) is 12.1 Å². The molecule has 0 bridgehead atoms. The van der Waals surface area contributed by atoms with E-state index >= 15 is 0 Å². The Kier molecular flexibility index (Phi) is 5.51. The Morgan fingerprint density at radius 2 is 1.72 bits per heavy atom. The molecule has 3 aromatic carbocycles. The van der Waals surface area contributed by atoms with Crippen LogP contribution in [0, 0.1) is 6.92 Å². The Morgan fingerprint density at radius 3 is 2.40 bits per heavy atom. The quantitative estimate of drug-likeness (QED) is 0.611. The van der Waals surface area contributed by atoms with Crippen LogP contribution in [0.25, 0.3) is 0 Å². The van der Waals surface area contributed by atoms with Gasteiger partial charge in [-0.25, -0.2) is 0 Å². The third-order valence-corrected chi connectivity index (χ3v) is 4.29. The molecule has 0 aliphatic heterocycles. The van der Waals surface area contributed by atoms with Crippen molar-refractivity contribution in [3.8, 4) is 5.75 Å². The summed E-state index contributed by atoms with van der Waals surface area (Å²) in [5.41, 5.74) is 3.51. The zero-order valence-electron chi connectivity index (χ0n) is 13.8. The molecule has 0 aliphatic carbocycles. The number of anilines is 1. The minimum Gasteiger partial charge on any atom is -0.489 e. The Bertz CT molecular complexity index is 861. The van der Waals surface area contributed by atoms with Crippen molar-refractivity contribution in [2.45, 2.75) is 13.5 Å². The van der Waals surface area contributed by atoms with Gasteiger partial charge in [0, 0.05) is 15.7 Å². The van der Waals surface area contributed by atoms with Crippen molar-refractivity contribution < 1.29 is 9.53 Å². The molecule has 4 heteroatoms. The molecule has 0 aliphatic rings. The minimum absolute atomic E-state index is 0.139. The van der Waals surface area contributed by atoms with Gasteiger partial charge < -0.3 is 10.1 Å². The van der Waals surface area contributed by atoms with Crippen molar-refractivity contribution in [3.05, 3.63) is 94.0 Å². The summed E-state index contributed by atoms with van der Waals surface area (Å²) in [5, 5.41) is 2.93. The Hall–Kier alpha value is -2.59. The van der Waals surface area contributed by atoms with Gasteiger partial charge in [0.1, 0.15) is 12.4 Å². The van der Waals surface area contributed by atoms with Gasteiger partial charge in [-0.15, -0.1) is 0 Å². The van der Waals surface area contributed by atoms with Crippen LogP contribution in [0.3, 0.4) is 0 Å². The van der Waals surface area contributed by atoms with Crippen LogP contribution in [0.15, 0.2) is 77.3 Å². The highest BCUT2D eigenvalue weighted by molar-refractivity contribution is 9.10. The second-order valence-electron chi connectivity index (χ2n) is 5.71. The first-order valence-electron chi connectivity index (χ1n) is 7.96. The summed E-state index contributed by atoms with van der Waals surface area (Å²) >= 11 is 3.42. The topological polar surface area (TPSA) is 38.3 Å². The number of rotatable bonds is 5. The van der Waals surface area contributed by atoms with Crippen LogP contribution in [-0.4, -0.2) is 5.91 Å². The molecule has 0 heterocycles. The number of carbonyl (C=O) groups excluding carboxylic acids is 1. The normalized spacial score (nSPS) is 10.3. The van der Waals surface area contributed by atoms with E-state index in [9.17, 15) is 4.79 Å². The lowest BCUT2D eigenvalue weighted by molar-refractivity contribution is 0.102. The molecule has 0 atom stereocenters. The Morgan fingerprint density at radius 1 is 1.00 bits per heavy atom. The maximum absolute atomic E-state index is 12.4. The van der Waals surface area contributed by atoms with Crippen molar-refractivity contribution in [2.75, 3.05) is 5.32 Å². The summed E-state index contributed by atoms with van der Waals surface area (Å²) in [7, 11) is 0. The Balaban J connectivity index is 1.62. The van der Waals surface area contributed by atoms with Crippen molar-refractivity contribution in [1.29, 1.82) is 0 Å². The van der Waals surface area contributed by atoms with E-state index < -0.39 is 0 Å². The number of aryl methyl sites for hydroxylation is 1. The van der Waals surface area contributed by atoms with Crippen molar-refractivity contribution in [2.24, 2.45) is 0 Å². The maximum Gasteiger partial charge on any atom is 0.255 e. The van der Waals surface area contributed by atoms with E-state index in [-0.39, 0.29) is 5.91 Å². The number of amides is 1. The first-order valence-corrected chi connectivity index (χ1v) is 8.75. The highest BCUT2D eigenvalue weighted by Crippen LogP contribution is 2.21. The molecule has 0 unspecified atom stereocenters. The van der Waals surface area contributed by atoms with Gasteiger partial charge in [0.15, 0.2) is 0 Å². The summed E-state index contributed by atoms with van der Waals surface area (Å²) in [6, 6.07) is 22.9. The molecule has 0 aromatic heterocycles. The van der Waals surface area contributed by atoms with Crippen LogP contribution < -0.4 is 10.1 Å². The molecule has 0 spiro atoms. The fourth-order valence-corrected chi connectivity index (χ4v) is 2.88. The fraction of sp³-hybridized carbons (Fsp3) is 0.0952. The van der Waals surface area contributed by atoms with Crippen LogP contribution in [-0.2, 0) is 6.61 Å². The number of ether oxygens (including phenoxy) is 1. The lowest BCUT2D eigenvalue weighted by Gasteiger charge is -2.10. The average molecular weight is 396 g/mol. The summed E-state index contributed by atoms with van der Waals surface area (Å²) in [6.45, 7) is 2.46. The number of benzene rings is 3. The van der Waals surface area contributed by atoms with Gasteiger partial charge in [-0.2, -0.15) is 0 Å². The molecule has 3 nitrogen and oxygen atoms in total. The molecule has 25 heavy (non-hydrogen) atoms. The standard InChI is InChI=1S/C21H18BrNO2/c1-15-13-18(22)9-12-20(15)23-21(24)17-7-10-19(11-8-17)25-14-16-5-3-2-4-6-16/h2-13H,14H2,1H3,(H,23,24). The lowest BCUT2D eigenvalue weighted by atomic mass is 10.1. The van der Waals surface area contributed by atoms with Crippen molar-refractivity contribution in [1.82, 2.24) is 0 Å². The van der Waals surface area contributed by atoms with E-state index in [2.05, 4.69) is 21.2 Å². The third-order valence-electron chi connectivity index (χ3n) is 3.80. The summed E-state index contributed by atoms with van der Waals surface area (Å²) in [4.78, 5) is 12.4. The Labute approximate surface area is 155 Å². The SMILES string of the molecule is Cc1cc(Br)ccc1NC(=O)c1ccc(OCc2ccccc2)cc1. The van der Waals surface area contributed by atoms with Crippen LogP contribution in [0.4, 0.5) is 5.69 Å². The molecule has 0 saturated carbocycles. The first-order chi connectivity index (χ1) is 12.1. The second-order valence-corrected chi connectivity index (χ2v) is 6.63. The van der Waals surface area contributed by atoms with Gasteiger partial charge in [-0.1, -0.05) is 46.3 Å². The number of hydrogen-bond donors (Lipinski definition) is 1. The number of halogens is 1. The van der Waals surface area contributed by atoms with Gasteiger partial charge in [-0.05, 0) is 60.5 Å². The zero-order valence-corrected chi connectivity index (χ0v) is 15.4. The predicted molar refractivity (Wildman–Crippen MR) is 104 cm³/mol. The maximum atomic E-state index is 12.4. The highest BCUT2D eigenvalue weighted by atomic mass is 79.9. The van der Waals surface area contributed by atoms with Gasteiger partial charge >= 0.3 is 0 Å². The van der Waals surface area contributed by atoms with Crippen LogP contribution in [0.1, 0.15) is 21.5 Å². The fourth-order valence-electron chi connectivity index (χ4n) is 2.41. The van der Waals surface area contributed by atoms with E-state index in [1.807, 2.05) is 67.6 Å². The third kappa shape index (κ3) is 4.70. The van der Waals surface area contributed by atoms with Crippen molar-refractivity contribution in [3.63, 3.8) is 0 Å². The minimum atomic E-state index is -0.139. The van der Waals surface area contributed by atoms with E-state index in [0.717, 1.165) is 27.0 Å². The van der Waals surface area contributed by atoms with Gasteiger partial charge in [0.25, 0.3) is 5.91 Å². The molecular formula is C21H18BrNO2. The van der Waals surface area contributed by atoms with Crippen LogP contribution >= 0.6 is 15.9 Å². The van der Waals surface area contributed by atoms with Crippen molar-refractivity contribution >= 4 is 27.5 Å². The smallest absolute Gasteiger partial charge is 0.255 e. The van der Waals surface area contributed by atoms with E-state index in [4.69, 9.17) is 4.74 Å². The molecule has 1 amide bonds. The molecule has 0 saturated heterocycles. The van der Waals surface area contributed by atoms with Gasteiger partial charge in [0.2, 0.25) is 0 Å². The molecule has 3 rings (SSSR count). The number of carbonyl (C=O) groups is 1. The summed E-state index contributed by atoms with van der Waals surface area (Å²) in [6.07, 6.45) is 0. The molecule has 126 valence electrons.